The van der Waals surface area contributed by atoms with Crippen LogP contribution in [-0.4, -0.2) is 25.7 Å². The molecule has 1 amide bonds. The highest BCUT2D eigenvalue weighted by Crippen LogP contribution is 2.33. The number of hydrogen-bond donors (Lipinski definition) is 0. The molecule has 0 bridgehead atoms. The van der Waals surface area contributed by atoms with Gasteiger partial charge in [-0.05, 0) is 49.4 Å². The van der Waals surface area contributed by atoms with Crippen molar-refractivity contribution >= 4 is 39.1 Å². The Morgan fingerprint density at radius 2 is 1.53 bits per heavy atom. The van der Waals surface area contributed by atoms with Crippen LogP contribution in [0.2, 0.25) is 0 Å². The van der Waals surface area contributed by atoms with Crippen LogP contribution in [0.15, 0.2) is 85.2 Å². The van der Waals surface area contributed by atoms with E-state index in [0.717, 1.165) is 21.6 Å². The van der Waals surface area contributed by atoms with Gasteiger partial charge in [0, 0.05) is 17.8 Å². The average molecular weight is 411 g/mol. The monoisotopic (exact) mass is 411 g/mol. The number of amides is 1. The topological polar surface area (TPSA) is 63.9 Å². The van der Waals surface area contributed by atoms with E-state index in [0.29, 0.717) is 16.5 Å². The van der Waals surface area contributed by atoms with Crippen LogP contribution in [0.5, 0.6) is 0 Å². The van der Waals surface area contributed by atoms with E-state index in [2.05, 4.69) is 15.1 Å². The lowest BCUT2D eigenvalue weighted by Crippen LogP contribution is -2.26. The Balaban J connectivity index is 1.62. The van der Waals surface area contributed by atoms with Crippen molar-refractivity contribution in [3.63, 3.8) is 0 Å². The van der Waals surface area contributed by atoms with Crippen LogP contribution < -0.4 is 4.90 Å². The van der Waals surface area contributed by atoms with Gasteiger partial charge in [0.05, 0.1) is 16.3 Å². The summed E-state index contributed by atoms with van der Waals surface area (Å²) in [4.78, 5) is 25.4. The van der Waals surface area contributed by atoms with Crippen molar-refractivity contribution in [3.05, 3.63) is 95.8 Å². The first kappa shape index (κ1) is 18.2. The minimum absolute atomic E-state index is 0.174. The molecular weight excluding hydrogens is 394 g/mol. The van der Waals surface area contributed by atoms with Crippen LogP contribution in [0.4, 0.5) is 11.6 Å². The Hall–Kier alpha value is -3.84. The standard InChI is InChI=1S/C23H17N5OS/c1-16-18-15-19(30-23(18)28(26-16)17-9-3-2-4-10-17)22(29)27(20-11-5-7-13-24-20)21-12-6-8-14-25-21/h2-15H,1H3. The Kier molecular flexibility index (Phi) is 4.57. The Bertz CT molecular complexity index is 1270. The van der Waals surface area contributed by atoms with Crippen molar-refractivity contribution in [3.8, 4) is 5.69 Å². The van der Waals surface area contributed by atoms with Gasteiger partial charge in [-0.1, -0.05) is 30.3 Å². The van der Waals surface area contributed by atoms with Crippen LogP contribution in [0.3, 0.4) is 0 Å². The smallest absolute Gasteiger partial charge is 0.267 e. The number of aromatic nitrogens is 4. The molecule has 7 heteroatoms. The zero-order valence-corrected chi connectivity index (χ0v) is 17.0. The summed E-state index contributed by atoms with van der Waals surface area (Å²) in [5.41, 5.74) is 1.84. The van der Waals surface area contributed by atoms with Crippen LogP contribution >= 0.6 is 11.3 Å². The summed E-state index contributed by atoms with van der Waals surface area (Å²) in [6, 6.07) is 22.8. The second-order valence-corrected chi connectivity index (χ2v) is 7.71. The van der Waals surface area contributed by atoms with Gasteiger partial charge in [-0.2, -0.15) is 5.10 Å². The van der Waals surface area contributed by atoms with Gasteiger partial charge in [0.2, 0.25) is 0 Å². The van der Waals surface area contributed by atoms with Gasteiger partial charge in [0.1, 0.15) is 16.5 Å². The second-order valence-electron chi connectivity index (χ2n) is 6.68. The number of carbonyl (C=O) groups excluding carboxylic acids is 1. The number of aryl methyl sites for hydroxylation is 1. The molecule has 5 rings (SSSR count). The maximum atomic E-state index is 13.6. The number of fused-ring (bicyclic) bond motifs is 1. The summed E-state index contributed by atoms with van der Waals surface area (Å²) in [6.07, 6.45) is 3.34. The van der Waals surface area contributed by atoms with E-state index in [1.54, 1.807) is 29.4 Å². The van der Waals surface area contributed by atoms with E-state index >= 15 is 0 Å². The molecule has 6 nitrogen and oxygen atoms in total. The van der Waals surface area contributed by atoms with Gasteiger partial charge >= 0.3 is 0 Å². The lowest BCUT2D eigenvalue weighted by atomic mass is 10.2. The van der Waals surface area contributed by atoms with Gasteiger partial charge in [-0.3, -0.25) is 4.79 Å². The highest BCUT2D eigenvalue weighted by molar-refractivity contribution is 7.20. The summed E-state index contributed by atoms with van der Waals surface area (Å²) in [5, 5.41) is 5.63. The number of pyridine rings is 2. The molecular formula is C23H17N5OS. The lowest BCUT2D eigenvalue weighted by Gasteiger charge is -2.19. The summed E-state index contributed by atoms with van der Waals surface area (Å²) in [6.45, 7) is 1.96. The number of carbonyl (C=O) groups is 1. The second kappa shape index (κ2) is 7.53. The van der Waals surface area contributed by atoms with E-state index in [4.69, 9.17) is 0 Å². The lowest BCUT2D eigenvalue weighted by molar-refractivity contribution is 0.100. The molecule has 5 aromatic rings. The first-order valence-electron chi connectivity index (χ1n) is 9.43. The predicted octanol–water partition coefficient (Wildman–Crippen LogP) is 5.16. The molecule has 0 aliphatic rings. The normalized spacial score (nSPS) is 11.0. The molecule has 0 fully saturated rings. The van der Waals surface area contributed by atoms with E-state index in [9.17, 15) is 4.79 Å². The zero-order chi connectivity index (χ0) is 20.5. The van der Waals surface area contributed by atoms with Gasteiger partial charge in [0.25, 0.3) is 5.91 Å². The number of hydrogen-bond acceptors (Lipinski definition) is 5. The van der Waals surface area contributed by atoms with Gasteiger partial charge in [0.15, 0.2) is 0 Å². The minimum atomic E-state index is -0.174. The molecule has 30 heavy (non-hydrogen) atoms. The third-order valence-corrected chi connectivity index (χ3v) is 5.81. The quantitative estimate of drug-likeness (QED) is 0.410. The summed E-state index contributed by atoms with van der Waals surface area (Å²) in [5.74, 6) is 0.882. The highest BCUT2D eigenvalue weighted by Gasteiger charge is 2.25. The summed E-state index contributed by atoms with van der Waals surface area (Å²) in [7, 11) is 0. The fraction of sp³-hybridized carbons (Fsp3) is 0.0435. The Morgan fingerprint density at radius 3 is 2.13 bits per heavy atom. The molecule has 0 spiro atoms. The molecule has 0 unspecified atom stereocenters. The fourth-order valence-corrected chi connectivity index (χ4v) is 4.42. The molecule has 0 saturated heterocycles. The van der Waals surface area contributed by atoms with Crippen molar-refractivity contribution in [1.82, 2.24) is 19.7 Å². The van der Waals surface area contributed by atoms with Crippen molar-refractivity contribution in [2.45, 2.75) is 6.92 Å². The zero-order valence-electron chi connectivity index (χ0n) is 16.1. The maximum Gasteiger partial charge on any atom is 0.275 e. The van der Waals surface area contributed by atoms with Crippen molar-refractivity contribution < 1.29 is 4.79 Å². The minimum Gasteiger partial charge on any atom is -0.267 e. The maximum absolute atomic E-state index is 13.6. The molecule has 0 saturated carbocycles. The molecule has 1 aromatic carbocycles. The highest BCUT2D eigenvalue weighted by atomic mass is 32.1. The van der Waals surface area contributed by atoms with E-state index in [1.807, 2.05) is 72.3 Å². The SMILES string of the molecule is Cc1nn(-c2ccccc2)c2sc(C(=O)N(c3ccccn3)c3ccccn3)cc12. The van der Waals surface area contributed by atoms with Gasteiger partial charge < -0.3 is 0 Å². The van der Waals surface area contributed by atoms with Crippen LogP contribution in [-0.2, 0) is 0 Å². The molecule has 4 aromatic heterocycles. The van der Waals surface area contributed by atoms with Crippen molar-refractivity contribution in [2.75, 3.05) is 4.90 Å². The largest absolute Gasteiger partial charge is 0.275 e. The van der Waals surface area contributed by atoms with E-state index in [1.165, 1.54) is 11.3 Å². The third-order valence-electron chi connectivity index (χ3n) is 4.72. The van der Waals surface area contributed by atoms with Crippen LogP contribution in [0.1, 0.15) is 15.4 Å². The van der Waals surface area contributed by atoms with E-state index in [-0.39, 0.29) is 5.91 Å². The molecule has 0 N–H and O–H groups in total. The van der Waals surface area contributed by atoms with Crippen LogP contribution in [0.25, 0.3) is 15.9 Å². The number of para-hydroxylation sites is 1. The molecule has 0 atom stereocenters. The molecule has 4 heterocycles. The fourth-order valence-electron chi connectivity index (χ4n) is 3.30. The first-order valence-corrected chi connectivity index (χ1v) is 10.2. The number of benzene rings is 1. The van der Waals surface area contributed by atoms with Crippen molar-refractivity contribution in [1.29, 1.82) is 0 Å². The number of thiophene rings is 1. The average Bonchev–Trinajstić information content (AvgIpc) is 3.37. The molecule has 0 aliphatic carbocycles. The third kappa shape index (κ3) is 3.15. The summed E-state index contributed by atoms with van der Waals surface area (Å²) >= 11 is 1.42. The van der Waals surface area contributed by atoms with E-state index < -0.39 is 0 Å². The van der Waals surface area contributed by atoms with Gasteiger partial charge in [-0.25, -0.2) is 19.5 Å². The van der Waals surface area contributed by atoms with Crippen molar-refractivity contribution in [2.24, 2.45) is 0 Å². The molecule has 0 radical (unpaired) electrons. The number of nitrogens with zero attached hydrogens (tertiary/aromatic N) is 5. The Morgan fingerprint density at radius 1 is 0.900 bits per heavy atom. The van der Waals surface area contributed by atoms with Gasteiger partial charge in [-0.15, -0.1) is 11.3 Å². The number of rotatable bonds is 4. The molecule has 0 aliphatic heterocycles. The first-order chi connectivity index (χ1) is 14.7. The molecule has 146 valence electrons. The summed E-state index contributed by atoms with van der Waals surface area (Å²) < 4.78 is 1.89. The predicted molar refractivity (Wildman–Crippen MR) is 119 cm³/mol. The van der Waals surface area contributed by atoms with Crippen LogP contribution in [0, 0.1) is 6.92 Å². The number of anilines is 2. The Labute approximate surface area is 177 Å².